The molecule has 0 aliphatic rings. The Morgan fingerprint density at radius 3 is 2.37 bits per heavy atom. The highest BCUT2D eigenvalue weighted by molar-refractivity contribution is 5.38. The lowest BCUT2D eigenvalue weighted by atomic mass is 9.95. The van der Waals surface area contributed by atoms with Crippen LogP contribution in [0, 0.1) is 13.8 Å². The highest BCUT2D eigenvalue weighted by Crippen LogP contribution is 2.24. The van der Waals surface area contributed by atoms with E-state index in [0.29, 0.717) is 6.54 Å². The highest BCUT2D eigenvalue weighted by Gasteiger charge is 2.12. The number of hydrogen-bond donors (Lipinski definition) is 2. The molecule has 0 saturated carbocycles. The Morgan fingerprint density at radius 1 is 1.00 bits per heavy atom. The van der Waals surface area contributed by atoms with Gasteiger partial charge in [0.15, 0.2) is 0 Å². The molecule has 1 atom stereocenters. The lowest BCUT2D eigenvalue weighted by molar-refractivity contribution is 0.690. The van der Waals surface area contributed by atoms with Gasteiger partial charge >= 0.3 is 0 Å². The number of rotatable bonds is 4. The second-order valence-electron chi connectivity index (χ2n) is 5.01. The van der Waals surface area contributed by atoms with Crippen molar-refractivity contribution >= 4 is 0 Å². The maximum atomic E-state index is 5.72. The first-order valence-corrected chi connectivity index (χ1v) is 6.69. The Kier molecular flexibility index (Phi) is 4.35. The molecule has 2 nitrogen and oxygen atoms in total. The van der Waals surface area contributed by atoms with E-state index in [4.69, 9.17) is 5.73 Å². The number of nitrogens with one attached hydrogen (secondary N) is 1. The van der Waals surface area contributed by atoms with Crippen LogP contribution in [0.1, 0.15) is 33.9 Å². The zero-order valence-electron chi connectivity index (χ0n) is 11.9. The molecule has 2 aromatic rings. The zero-order valence-corrected chi connectivity index (χ0v) is 11.9. The van der Waals surface area contributed by atoms with Gasteiger partial charge in [-0.2, -0.15) is 0 Å². The monoisotopic (exact) mass is 254 g/mol. The summed E-state index contributed by atoms with van der Waals surface area (Å²) in [6.07, 6.45) is 0. The minimum atomic E-state index is 0.214. The predicted octanol–water partition coefficient (Wildman–Crippen LogP) is 3.07. The first-order valence-electron chi connectivity index (χ1n) is 6.69. The van der Waals surface area contributed by atoms with Crippen LogP contribution in [0.15, 0.2) is 42.5 Å². The van der Waals surface area contributed by atoms with Gasteiger partial charge in [0.1, 0.15) is 0 Å². The molecule has 2 aromatic carbocycles. The molecule has 3 N–H and O–H groups in total. The highest BCUT2D eigenvalue weighted by atomic mass is 14.9. The smallest absolute Gasteiger partial charge is 0.0574 e. The van der Waals surface area contributed by atoms with Gasteiger partial charge in [-0.15, -0.1) is 0 Å². The minimum Gasteiger partial charge on any atom is -0.326 e. The van der Waals surface area contributed by atoms with Crippen LogP contribution in [0.4, 0.5) is 0 Å². The van der Waals surface area contributed by atoms with E-state index in [1.807, 2.05) is 7.05 Å². The van der Waals surface area contributed by atoms with E-state index in [9.17, 15) is 0 Å². The second-order valence-corrected chi connectivity index (χ2v) is 5.01. The number of nitrogens with two attached hydrogens (primary N) is 1. The van der Waals surface area contributed by atoms with E-state index in [1.54, 1.807) is 0 Å². The van der Waals surface area contributed by atoms with Crippen molar-refractivity contribution in [3.05, 3.63) is 70.3 Å². The minimum absolute atomic E-state index is 0.214. The third kappa shape index (κ3) is 3.03. The molecule has 0 heterocycles. The SMILES string of the molecule is CNC(c1cccc(CN)c1)c1ccc(C)c(C)c1. The van der Waals surface area contributed by atoms with E-state index < -0.39 is 0 Å². The molecular formula is C17H22N2. The standard InChI is InChI=1S/C17H22N2/c1-12-7-8-16(9-13(12)2)17(19-3)15-6-4-5-14(10-15)11-18/h4-10,17,19H,11,18H2,1-3H3. The van der Waals surface area contributed by atoms with Gasteiger partial charge in [-0.1, -0.05) is 42.5 Å². The summed E-state index contributed by atoms with van der Waals surface area (Å²) in [6, 6.07) is 15.3. The van der Waals surface area contributed by atoms with Crippen molar-refractivity contribution in [2.24, 2.45) is 5.73 Å². The van der Waals surface area contributed by atoms with Gasteiger partial charge < -0.3 is 11.1 Å². The van der Waals surface area contributed by atoms with E-state index in [1.165, 1.54) is 27.8 Å². The first kappa shape index (κ1) is 13.8. The Morgan fingerprint density at radius 2 is 1.74 bits per heavy atom. The molecule has 0 radical (unpaired) electrons. The first-order chi connectivity index (χ1) is 9.15. The van der Waals surface area contributed by atoms with Crippen molar-refractivity contribution in [3.8, 4) is 0 Å². The molecule has 0 amide bonds. The largest absolute Gasteiger partial charge is 0.326 e. The fraction of sp³-hybridized carbons (Fsp3) is 0.294. The molecule has 0 bridgehead atoms. The summed E-state index contributed by atoms with van der Waals surface area (Å²) in [7, 11) is 2.00. The van der Waals surface area contributed by atoms with Crippen LogP contribution in [0.3, 0.4) is 0 Å². The summed E-state index contributed by atoms with van der Waals surface area (Å²) in [6.45, 7) is 4.88. The lowest BCUT2D eigenvalue weighted by Crippen LogP contribution is -2.18. The maximum Gasteiger partial charge on any atom is 0.0574 e. The molecule has 0 aliphatic heterocycles. The fourth-order valence-electron chi connectivity index (χ4n) is 2.37. The Hall–Kier alpha value is -1.64. The zero-order chi connectivity index (χ0) is 13.8. The van der Waals surface area contributed by atoms with Crippen molar-refractivity contribution in [2.45, 2.75) is 26.4 Å². The van der Waals surface area contributed by atoms with Gasteiger partial charge in [0.05, 0.1) is 6.04 Å². The van der Waals surface area contributed by atoms with E-state index in [0.717, 1.165) is 0 Å². The molecular weight excluding hydrogens is 232 g/mol. The van der Waals surface area contributed by atoms with Crippen molar-refractivity contribution < 1.29 is 0 Å². The molecule has 2 rings (SSSR count). The lowest BCUT2D eigenvalue weighted by Gasteiger charge is -2.19. The average Bonchev–Trinajstić information content (AvgIpc) is 2.44. The summed E-state index contributed by atoms with van der Waals surface area (Å²) in [5.41, 5.74) is 12.1. The van der Waals surface area contributed by atoms with Gasteiger partial charge in [-0.05, 0) is 48.7 Å². The second kappa shape index (κ2) is 6.00. The van der Waals surface area contributed by atoms with Gasteiger partial charge in [0, 0.05) is 6.54 Å². The normalized spacial score (nSPS) is 12.4. The van der Waals surface area contributed by atoms with E-state index >= 15 is 0 Å². The molecule has 0 aromatic heterocycles. The summed E-state index contributed by atoms with van der Waals surface area (Å²) in [4.78, 5) is 0. The van der Waals surface area contributed by atoms with Crippen LogP contribution < -0.4 is 11.1 Å². The molecule has 0 saturated heterocycles. The van der Waals surface area contributed by atoms with Gasteiger partial charge in [-0.3, -0.25) is 0 Å². The van der Waals surface area contributed by atoms with Crippen LogP contribution in [0.2, 0.25) is 0 Å². The summed E-state index contributed by atoms with van der Waals surface area (Å²) < 4.78 is 0. The molecule has 1 unspecified atom stereocenters. The van der Waals surface area contributed by atoms with Crippen LogP contribution in [0.5, 0.6) is 0 Å². The molecule has 100 valence electrons. The van der Waals surface area contributed by atoms with Crippen molar-refractivity contribution in [1.82, 2.24) is 5.32 Å². The predicted molar refractivity (Wildman–Crippen MR) is 81.2 cm³/mol. The maximum absolute atomic E-state index is 5.72. The van der Waals surface area contributed by atoms with Crippen molar-refractivity contribution in [1.29, 1.82) is 0 Å². The average molecular weight is 254 g/mol. The Labute approximate surface area is 115 Å². The number of aryl methyl sites for hydroxylation is 2. The van der Waals surface area contributed by atoms with E-state index in [-0.39, 0.29) is 6.04 Å². The van der Waals surface area contributed by atoms with Crippen molar-refractivity contribution in [3.63, 3.8) is 0 Å². The topological polar surface area (TPSA) is 38.0 Å². The Bertz CT molecular complexity index is 561. The number of benzene rings is 2. The third-order valence-corrected chi connectivity index (χ3v) is 3.67. The van der Waals surface area contributed by atoms with Crippen molar-refractivity contribution in [2.75, 3.05) is 7.05 Å². The fourth-order valence-corrected chi connectivity index (χ4v) is 2.37. The molecule has 2 heteroatoms. The quantitative estimate of drug-likeness (QED) is 0.880. The van der Waals surface area contributed by atoms with Crippen LogP contribution >= 0.6 is 0 Å². The summed E-state index contributed by atoms with van der Waals surface area (Å²) in [5, 5.41) is 3.39. The summed E-state index contributed by atoms with van der Waals surface area (Å²) in [5.74, 6) is 0. The van der Waals surface area contributed by atoms with Crippen LogP contribution in [0.25, 0.3) is 0 Å². The summed E-state index contributed by atoms with van der Waals surface area (Å²) >= 11 is 0. The number of hydrogen-bond acceptors (Lipinski definition) is 2. The molecule has 0 spiro atoms. The van der Waals surface area contributed by atoms with Gasteiger partial charge in [0.2, 0.25) is 0 Å². The Balaban J connectivity index is 2.40. The third-order valence-electron chi connectivity index (χ3n) is 3.67. The van der Waals surface area contributed by atoms with Crippen LogP contribution in [-0.4, -0.2) is 7.05 Å². The molecule has 19 heavy (non-hydrogen) atoms. The van der Waals surface area contributed by atoms with Crippen LogP contribution in [-0.2, 0) is 6.54 Å². The molecule has 0 fully saturated rings. The van der Waals surface area contributed by atoms with Gasteiger partial charge in [0.25, 0.3) is 0 Å². The van der Waals surface area contributed by atoms with E-state index in [2.05, 4.69) is 61.6 Å². The molecule has 0 aliphatic carbocycles. The van der Waals surface area contributed by atoms with Gasteiger partial charge in [-0.25, -0.2) is 0 Å².